The van der Waals surface area contributed by atoms with E-state index in [2.05, 4.69) is 5.32 Å². The second-order valence-electron chi connectivity index (χ2n) is 7.62. The zero-order valence-electron chi connectivity index (χ0n) is 18.2. The number of aliphatic hydroxyl groups excluding tert-OH is 1. The van der Waals surface area contributed by atoms with Crippen LogP contribution in [-0.2, 0) is 19.1 Å². The van der Waals surface area contributed by atoms with E-state index in [-0.39, 0.29) is 36.9 Å². The van der Waals surface area contributed by atoms with Gasteiger partial charge in [0.2, 0.25) is 0 Å². The predicted octanol–water partition coefficient (Wildman–Crippen LogP) is 0.362. The van der Waals surface area contributed by atoms with Crippen LogP contribution in [0.25, 0.3) is 0 Å². The van der Waals surface area contributed by atoms with E-state index in [0.717, 1.165) is 12.1 Å². The molecular formula is C22H24FN5O6. The highest BCUT2D eigenvalue weighted by Gasteiger charge is 2.39. The van der Waals surface area contributed by atoms with Gasteiger partial charge in [0.15, 0.2) is 12.2 Å². The maximum atomic E-state index is 14.2. The summed E-state index contributed by atoms with van der Waals surface area (Å²) in [5, 5.41) is 29.3. The van der Waals surface area contributed by atoms with E-state index >= 15 is 0 Å². The van der Waals surface area contributed by atoms with Gasteiger partial charge in [-0.25, -0.2) is 4.39 Å². The van der Waals surface area contributed by atoms with Gasteiger partial charge in [0.05, 0.1) is 6.61 Å². The van der Waals surface area contributed by atoms with Gasteiger partial charge in [-0.2, -0.15) is 0 Å². The molecule has 2 aromatic carbocycles. The Labute approximate surface area is 194 Å². The summed E-state index contributed by atoms with van der Waals surface area (Å²) < 4.78 is 19.6. The zero-order valence-corrected chi connectivity index (χ0v) is 18.2. The Morgan fingerprint density at radius 2 is 2.00 bits per heavy atom. The third-order valence-electron chi connectivity index (χ3n) is 5.13. The number of halogens is 1. The normalized spacial score (nSPS) is 16.6. The molecule has 2 amide bonds. The molecule has 12 heteroatoms. The van der Waals surface area contributed by atoms with Crippen molar-refractivity contribution in [2.24, 2.45) is 5.73 Å². The minimum absolute atomic E-state index is 0.0229. The van der Waals surface area contributed by atoms with Crippen LogP contribution in [-0.4, -0.2) is 72.8 Å². The fraction of sp³-hybridized carbons (Fsp3) is 0.273. The number of benzene rings is 2. The Hall–Kier alpha value is -4.03. The number of carboxylic acids is 1. The Balaban J connectivity index is 1.75. The van der Waals surface area contributed by atoms with Crippen molar-refractivity contribution in [1.82, 2.24) is 0 Å². The molecule has 3 rings (SSSR count). The van der Waals surface area contributed by atoms with Crippen LogP contribution in [0.5, 0.6) is 0 Å². The van der Waals surface area contributed by atoms with Crippen LogP contribution < -0.4 is 20.9 Å². The van der Waals surface area contributed by atoms with Gasteiger partial charge in [-0.1, -0.05) is 0 Å². The highest BCUT2D eigenvalue weighted by molar-refractivity contribution is 6.04. The summed E-state index contributed by atoms with van der Waals surface area (Å²) in [5.41, 5.74) is 6.52. The van der Waals surface area contributed by atoms with E-state index in [9.17, 15) is 23.9 Å². The van der Waals surface area contributed by atoms with E-state index in [1.807, 2.05) is 0 Å². The largest absolute Gasteiger partial charge is 0.480 e. The molecule has 0 bridgehead atoms. The maximum absolute atomic E-state index is 14.2. The lowest BCUT2D eigenvalue weighted by Gasteiger charge is -2.34. The van der Waals surface area contributed by atoms with E-state index in [0.29, 0.717) is 11.3 Å². The number of rotatable bonds is 8. The number of carbonyl (C=O) groups is 3. The topological polar surface area (TPSA) is 169 Å². The first kappa shape index (κ1) is 24.6. The van der Waals surface area contributed by atoms with Crippen molar-refractivity contribution in [2.75, 3.05) is 41.9 Å². The van der Waals surface area contributed by atoms with Gasteiger partial charge in [0, 0.05) is 36.2 Å². The van der Waals surface area contributed by atoms with E-state index in [1.165, 1.54) is 47.2 Å². The number of aliphatic hydroxyl groups is 1. The molecule has 11 nitrogen and oxygen atoms in total. The van der Waals surface area contributed by atoms with Gasteiger partial charge in [0.1, 0.15) is 18.2 Å². The summed E-state index contributed by atoms with van der Waals surface area (Å²) in [5.74, 6) is -3.59. The number of nitrogens with zero attached hydrogens (tertiary/aromatic N) is 2. The standard InChI is InChI=1S/C22H24FN5O6/c1-27(11-17(29)30)15-8-13(23)9-16(10-15)28-6-7-34-19(22(28)33)18(31)21(32)26-14-4-2-12(3-5-14)20(24)25/h2-5,8-10,18-19,31H,6-7,11H2,1H3,(H3,24,25)(H,26,32)(H,29,30)/t18-,19-/m1/s1. The maximum Gasteiger partial charge on any atom is 0.323 e. The molecule has 2 aromatic rings. The Morgan fingerprint density at radius 1 is 1.32 bits per heavy atom. The first-order valence-corrected chi connectivity index (χ1v) is 10.2. The molecule has 1 saturated heterocycles. The van der Waals surface area contributed by atoms with Crippen LogP contribution in [0.3, 0.4) is 0 Å². The van der Waals surface area contributed by atoms with Crippen LogP contribution >= 0.6 is 0 Å². The van der Waals surface area contributed by atoms with E-state index < -0.39 is 35.8 Å². The summed E-state index contributed by atoms with van der Waals surface area (Å²) in [6.45, 7) is -0.360. The number of hydrogen-bond donors (Lipinski definition) is 5. The molecular weight excluding hydrogens is 449 g/mol. The van der Waals surface area contributed by atoms with Gasteiger partial charge in [-0.05, 0) is 42.5 Å². The molecule has 0 unspecified atom stereocenters. The molecule has 0 spiro atoms. The van der Waals surface area contributed by atoms with Crippen LogP contribution in [0.4, 0.5) is 21.5 Å². The van der Waals surface area contributed by atoms with Gasteiger partial charge in [-0.15, -0.1) is 0 Å². The second-order valence-corrected chi connectivity index (χ2v) is 7.62. The number of aliphatic carboxylic acids is 1. The van der Waals surface area contributed by atoms with Crippen LogP contribution in [0.1, 0.15) is 5.56 Å². The number of carbonyl (C=O) groups excluding carboxylic acids is 2. The summed E-state index contributed by atoms with van der Waals surface area (Å²) in [7, 11) is 1.47. The second kappa shape index (κ2) is 10.3. The molecule has 34 heavy (non-hydrogen) atoms. The molecule has 1 aliphatic heterocycles. The summed E-state index contributed by atoms with van der Waals surface area (Å²) in [4.78, 5) is 39.0. The number of nitrogen functional groups attached to an aromatic ring is 1. The third kappa shape index (κ3) is 5.66. The minimum atomic E-state index is -1.86. The number of anilines is 3. The Kier molecular flexibility index (Phi) is 7.44. The number of ether oxygens (including phenoxy) is 1. The summed E-state index contributed by atoms with van der Waals surface area (Å²) in [6, 6.07) is 9.66. The Bertz CT molecular complexity index is 1110. The summed E-state index contributed by atoms with van der Waals surface area (Å²) in [6.07, 6.45) is -3.39. The smallest absolute Gasteiger partial charge is 0.323 e. The molecule has 0 aromatic heterocycles. The van der Waals surface area contributed by atoms with Crippen molar-refractivity contribution in [1.29, 1.82) is 5.41 Å². The third-order valence-corrected chi connectivity index (χ3v) is 5.13. The highest BCUT2D eigenvalue weighted by atomic mass is 19.1. The fourth-order valence-electron chi connectivity index (χ4n) is 3.40. The van der Waals surface area contributed by atoms with E-state index in [4.69, 9.17) is 21.0 Å². The van der Waals surface area contributed by atoms with Crippen molar-refractivity contribution in [3.8, 4) is 0 Å². The molecule has 0 saturated carbocycles. The van der Waals surface area contributed by atoms with Crippen molar-refractivity contribution in [3.63, 3.8) is 0 Å². The number of nitrogens with two attached hydrogens (primary N) is 1. The molecule has 1 fully saturated rings. The number of carboxylic acid groups (broad SMARTS) is 1. The van der Waals surface area contributed by atoms with Gasteiger partial charge in [0.25, 0.3) is 11.8 Å². The molecule has 1 heterocycles. The molecule has 2 atom stereocenters. The molecule has 1 aliphatic rings. The number of likely N-dealkylation sites (N-methyl/N-ethyl adjacent to an activating group) is 1. The van der Waals surface area contributed by atoms with Crippen LogP contribution in [0, 0.1) is 11.2 Å². The fourth-order valence-corrected chi connectivity index (χ4v) is 3.40. The molecule has 0 radical (unpaired) electrons. The average molecular weight is 473 g/mol. The lowest BCUT2D eigenvalue weighted by molar-refractivity contribution is -0.150. The zero-order chi connectivity index (χ0) is 25.0. The summed E-state index contributed by atoms with van der Waals surface area (Å²) >= 11 is 0. The van der Waals surface area contributed by atoms with Crippen LogP contribution in [0.15, 0.2) is 42.5 Å². The lowest BCUT2D eigenvalue weighted by Crippen LogP contribution is -2.55. The van der Waals surface area contributed by atoms with E-state index in [1.54, 1.807) is 0 Å². The van der Waals surface area contributed by atoms with Gasteiger partial charge < -0.3 is 35.8 Å². The molecule has 0 aliphatic carbocycles. The average Bonchev–Trinajstić information content (AvgIpc) is 2.78. The van der Waals surface area contributed by atoms with Crippen molar-refractivity contribution < 1.29 is 33.7 Å². The first-order chi connectivity index (χ1) is 16.1. The first-order valence-electron chi connectivity index (χ1n) is 10.2. The quantitative estimate of drug-likeness (QED) is 0.270. The van der Waals surface area contributed by atoms with Crippen molar-refractivity contribution in [3.05, 3.63) is 53.8 Å². The highest BCUT2D eigenvalue weighted by Crippen LogP contribution is 2.27. The lowest BCUT2D eigenvalue weighted by atomic mass is 10.1. The van der Waals surface area contributed by atoms with Crippen molar-refractivity contribution in [2.45, 2.75) is 12.2 Å². The van der Waals surface area contributed by atoms with Gasteiger partial charge >= 0.3 is 5.97 Å². The number of amidine groups is 1. The number of nitrogens with one attached hydrogen (secondary N) is 2. The molecule has 180 valence electrons. The minimum Gasteiger partial charge on any atom is -0.480 e. The van der Waals surface area contributed by atoms with Crippen LogP contribution in [0.2, 0.25) is 0 Å². The number of amides is 2. The number of morpholine rings is 1. The number of hydrogen-bond acceptors (Lipinski definition) is 7. The molecule has 6 N–H and O–H groups in total. The monoisotopic (exact) mass is 473 g/mol. The Morgan fingerprint density at radius 3 is 2.62 bits per heavy atom. The SMILES string of the molecule is CN(CC(=O)O)c1cc(F)cc(N2CCO[C@H]([C@@H](O)C(=O)Nc3ccc(C(=N)N)cc3)C2=O)c1. The van der Waals surface area contributed by atoms with Crippen molar-refractivity contribution >= 4 is 40.7 Å². The predicted molar refractivity (Wildman–Crippen MR) is 121 cm³/mol. The van der Waals surface area contributed by atoms with Gasteiger partial charge in [-0.3, -0.25) is 19.8 Å².